The van der Waals surface area contributed by atoms with Crippen LogP contribution in [0.2, 0.25) is 0 Å². The van der Waals surface area contributed by atoms with Crippen LogP contribution in [0, 0.1) is 11.8 Å². The molecule has 0 aliphatic carbocycles. The Morgan fingerprint density at radius 3 is 2.62 bits per heavy atom. The van der Waals surface area contributed by atoms with Crippen molar-refractivity contribution in [2.24, 2.45) is 11.8 Å². The maximum atomic E-state index is 13.1. The summed E-state index contributed by atoms with van der Waals surface area (Å²) < 4.78 is 0. The molecule has 3 unspecified atom stereocenters. The van der Waals surface area contributed by atoms with E-state index in [4.69, 9.17) is 0 Å². The second-order valence-electron chi connectivity index (χ2n) is 9.86. The van der Waals surface area contributed by atoms with Crippen molar-refractivity contribution >= 4 is 5.91 Å². The second kappa shape index (κ2) is 11.0. The van der Waals surface area contributed by atoms with Gasteiger partial charge in [-0.3, -0.25) is 4.79 Å². The summed E-state index contributed by atoms with van der Waals surface area (Å²) in [5.74, 6) is 0.824. The quantitative estimate of drug-likeness (QED) is 0.630. The molecule has 0 spiro atoms. The average molecular weight is 438 g/mol. The fraction of sp³-hybridized carbons (Fsp3) is 0.519. The summed E-state index contributed by atoms with van der Waals surface area (Å²) in [6.45, 7) is 8.77. The fourth-order valence-electron chi connectivity index (χ4n) is 4.77. The highest BCUT2D eigenvalue weighted by Crippen LogP contribution is 2.40. The van der Waals surface area contributed by atoms with Gasteiger partial charge in [-0.25, -0.2) is 0 Å². The lowest BCUT2D eigenvalue weighted by atomic mass is 9.68. The van der Waals surface area contributed by atoms with Crippen LogP contribution in [0.5, 0.6) is 5.75 Å². The van der Waals surface area contributed by atoms with Crippen molar-refractivity contribution in [2.45, 2.75) is 32.1 Å². The van der Waals surface area contributed by atoms with Crippen molar-refractivity contribution in [1.82, 2.24) is 15.1 Å². The van der Waals surface area contributed by atoms with Gasteiger partial charge in [0, 0.05) is 26.2 Å². The lowest BCUT2D eigenvalue weighted by Gasteiger charge is -2.45. The van der Waals surface area contributed by atoms with Crippen molar-refractivity contribution in [2.75, 3.05) is 46.8 Å². The van der Waals surface area contributed by atoms with E-state index in [-0.39, 0.29) is 17.2 Å². The number of nitrogens with zero attached hydrogens (tertiary/aromatic N) is 2. The molecule has 3 rings (SSSR count). The molecule has 3 atom stereocenters. The van der Waals surface area contributed by atoms with Crippen LogP contribution in [0.25, 0.3) is 0 Å². The molecule has 2 N–H and O–H groups in total. The molecule has 0 bridgehead atoms. The highest BCUT2D eigenvalue weighted by molar-refractivity contribution is 5.79. The largest absolute Gasteiger partial charge is 0.508 e. The molecule has 0 saturated carbocycles. The van der Waals surface area contributed by atoms with Crippen molar-refractivity contribution in [3.63, 3.8) is 0 Å². The molecule has 1 fully saturated rings. The zero-order valence-corrected chi connectivity index (χ0v) is 20.1. The molecule has 0 radical (unpaired) electrons. The number of phenols is 1. The smallest absolute Gasteiger partial charge is 0.224 e. The highest BCUT2D eigenvalue weighted by atomic mass is 16.3. The fourth-order valence-corrected chi connectivity index (χ4v) is 4.77. The maximum Gasteiger partial charge on any atom is 0.224 e. The van der Waals surface area contributed by atoms with Crippen LogP contribution < -0.4 is 5.32 Å². The van der Waals surface area contributed by atoms with Gasteiger partial charge in [-0.05, 0) is 68.1 Å². The number of carbonyl (C=O) groups excluding carboxylic acids is 1. The third kappa shape index (κ3) is 6.33. The van der Waals surface area contributed by atoms with Gasteiger partial charge in [0.2, 0.25) is 5.91 Å². The van der Waals surface area contributed by atoms with E-state index >= 15 is 0 Å². The Bertz CT molecular complexity index is 870. The molecule has 0 aromatic heterocycles. The summed E-state index contributed by atoms with van der Waals surface area (Å²) in [7, 11) is 4.04. The first-order chi connectivity index (χ1) is 15.3. The second-order valence-corrected chi connectivity index (χ2v) is 9.86. The number of likely N-dealkylation sites (tertiary alicyclic amines) is 1. The zero-order chi connectivity index (χ0) is 23.1. The molecular formula is C27H39N3O2. The van der Waals surface area contributed by atoms with Gasteiger partial charge in [-0.2, -0.15) is 0 Å². The first-order valence-corrected chi connectivity index (χ1v) is 11.8. The van der Waals surface area contributed by atoms with E-state index in [0.717, 1.165) is 39.0 Å². The van der Waals surface area contributed by atoms with Crippen LogP contribution in [-0.4, -0.2) is 67.6 Å². The molecular weight excluding hydrogens is 398 g/mol. The summed E-state index contributed by atoms with van der Waals surface area (Å²) >= 11 is 0. The van der Waals surface area contributed by atoms with Gasteiger partial charge in [0.15, 0.2) is 0 Å². The minimum atomic E-state index is -0.0723. The summed E-state index contributed by atoms with van der Waals surface area (Å²) in [5, 5.41) is 13.1. The predicted molar refractivity (Wildman–Crippen MR) is 131 cm³/mol. The monoisotopic (exact) mass is 437 g/mol. The van der Waals surface area contributed by atoms with Crippen LogP contribution in [0.3, 0.4) is 0 Å². The Balaban J connectivity index is 1.67. The molecule has 5 nitrogen and oxygen atoms in total. The van der Waals surface area contributed by atoms with Crippen LogP contribution in [-0.2, 0) is 16.6 Å². The SMILES string of the molecule is CC1CN(CC(Cc2ccccc2)C(=O)NCCN(C)C)CCC1(C)c1cccc(O)c1. The third-order valence-electron chi connectivity index (χ3n) is 7.11. The summed E-state index contributed by atoms with van der Waals surface area (Å²) in [6, 6.07) is 18.0. The predicted octanol–water partition coefficient (Wildman–Crippen LogP) is 3.53. The van der Waals surface area contributed by atoms with Crippen molar-refractivity contribution < 1.29 is 9.90 Å². The Morgan fingerprint density at radius 2 is 1.97 bits per heavy atom. The molecule has 1 aliphatic heterocycles. The van der Waals surface area contributed by atoms with Crippen LogP contribution >= 0.6 is 0 Å². The normalized spacial score (nSPS) is 22.6. The van der Waals surface area contributed by atoms with E-state index < -0.39 is 0 Å². The topological polar surface area (TPSA) is 55.8 Å². The number of likely N-dealkylation sites (N-methyl/N-ethyl adjacent to an activating group) is 1. The minimum absolute atomic E-state index is 0.0259. The zero-order valence-electron chi connectivity index (χ0n) is 20.1. The molecule has 2 aromatic carbocycles. The summed E-state index contributed by atoms with van der Waals surface area (Å²) in [4.78, 5) is 17.6. The number of aromatic hydroxyl groups is 1. The number of hydrogen-bond acceptors (Lipinski definition) is 4. The van der Waals surface area contributed by atoms with Crippen LogP contribution in [0.4, 0.5) is 0 Å². The lowest BCUT2D eigenvalue weighted by molar-refractivity contribution is -0.125. The van der Waals surface area contributed by atoms with Gasteiger partial charge in [-0.15, -0.1) is 0 Å². The molecule has 1 aliphatic rings. The summed E-state index contributed by atoms with van der Waals surface area (Å²) in [5.41, 5.74) is 2.43. The summed E-state index contributed by atoms with van der Waals surface area (Å²) in [6.07, 6.45) is 1.77. The standard InChI is InChI=1S/C27H39N3O2/c1-21-19-30(15-13-27(21,2)24-11-8-12-25(31)18-24)20-23(17-22-9-6-5-7-10-22)26(32)28-14-16-29(3)4/h5-12,18,21,23,31H,13-17,19-20H2,1-4H3,(H,28,32). The van der Waals surface area contributed by atoms with Crippen molar-refractivity contribution in [1.29, 1.82) is 0 Å². The van der Waals surface area contributed by atoms with Crippen LogP contribution in [0.15, 0.2) is 54.6 Å². The van der Waals surface area contributed by atoms with E-state index in [2.05, 4.69) is 47.2 Å². The highest BCUT2D eigenvalue weighted by Gasteiger charge is 2.39. The van der Waals surface area contributed by atoms with Gasteiger partial charge in [0.1, 0.15) is 5.75 Å². The Labute approximate surface area is 193 Å². The Hall–Kier alpha value is -2.37. The Morgan fingerprint density at radius 1 is 1.22 bits per heavy atom. The molecule has 32 heavy (non-hydrogen) atoms. The molecule has 5 heteroatoms. The maximum absolute atomic E-state index is 13.1. The number of rotatable bonds is 9. The first-order valence-electron chi connectivity index (χ1n) is 11.8. The third-order valence-corrected chi connectivity index (χ3v) is 7.11. The lowest BCUT2D eigenvalue weighted by Crippen LogP contribution is -2.50. The Kier molecular flexibility index (Phi) is 8.32. The van der Waals surface area contributed by atoms with Gasteiger partial charge in [0.25, 0.3) is 0 Å². The number of phenolic OH excluding ortho intramolecular Hbond substituents is 1. The number of piperidine rings is 1. The number of nitrogens with one attached hydrogen (secondary N) is 1. The van der Waals surface area contributed by atoms with Crippen molar-refractivity contribution in [3.8, 4) is 5.75 Å². The molecule has 1 saturated heterocycles. The number of carbonyl (C=O) groups is 1. The van der Waals surface area contributed by atoms with Gasteiger partial charge in [0.05, 0.1) is 5.92 Å². The molecule has 174 valence electrons. The average Bonchev–Trinajstić information content (AvgIpc) is 2.76. The van der Waals surface area contributed by atoms with E-state index in [1.807, 2.05) is 44.4 Å². The molecule has 1 heterocycles. The van der Waals surface area contributed by atoms with Crippen molar-refractivity contribution in [3.05, 3.63) is 65.7 Å². The van der Waals surface area contributed by atoms with E-state index in [1.54, 1.807) is 6.07 Å². The number of hydrogen-bond donors (Lipinski definition) is 2. The van der Waals surface area contributed by atoms with E-state index in [1.165, 1.54) is 11.1 Å². The van der Waals surface area contributed by atoms with Gasteiger partial charge in [-0.1, -0.05) is 56.3 Å². The van der Waals surface area contributed by atoms with Gasteiger partial charge < -0.3 is 20.2 Å². The molecule has 1 amide bonds. The van der Waals surface area contributed by atoms with Gasteiger partial charge >= 0.3 is 0 Å². The minimum Gasteiger partial charge on any atom is -0.508 e. The number of amides is 1. The van der Waals surface area contributed by atoms with E-state index in [9.17, 15) is 9.90 Å². The van der Waals surface area contributed by atoms with E-state index in [0.29, 0.717) is 18.2 Å². The number of benzene rings is 2. The molecule has 2 aromatic rings. The van der Waals surface area contributed by atoms with Crippen LogP contribution in [0.1, 0.15) is 31.4 Å². The first kappa shape index (κ1) is 24.3.